The molecule has 1 N–H and O–H groups in total. The summed E-state index contributed by atoms with van der Waals surface area (Å²) in [5.74, 6) is 0. The smallest absolute Gasteiger partial charge is 0.353 e. The molecule has 0 fully saturated rings. The highest BCUT2D eigenvalue weighted by Gasteiger charge is 2.49. The van der Waals surface area contributed by atoms with Crippen LogP contribution in [0.4, 0.5) is 8.63 Å². The van der Waals surface area contributed by atoms with Crippen LogP contribution in [0.2, 0.25) is 0 Å². The standard InChI is InChI=1S/C35H23BF2N2/c37-36(38)40-34(26-18-8-3-9-19-26)29-22-12-13-23-30(29)35(40)31(24-14-4-1-5-15-24)33-28-21-11-10-20-27(28)32(39-33)25-16-6-2-7-17-25/h1-23H/p+1. The quantitative estimate of drug-likeness (QED) is 0.219. The average Bonchev–Trinajstić information content (AvgIpc) is 3.56. The van der Waals surface area contributed by atoms with Gasteiger partial charge in [0.05, 0.1) is 28.1 Å². The monoisotopic (exact) mass is 521 g/mol. The van der Waals surface area contributed by atoms with E-state index in [1.165, 1.54) is 4.49 Å². The lowest BCUT2D eigenvalue weighted by molar-refractivity contribution is -0.295. The van der Waals surface area contributed by atoms with Crippen molar-refractivity contribution in [1.29, 1.82) is 0 Å². The number of hydrogen-bond donors (Lipinski definition) is 1. The first-order chi connectivity index (χ1) is 19.7. The van der Waals surface area contributed by atoms with Crippen LogP contribution < -0.4 is 0 Å². The van der Waals surface area contributed by atoms with Crippen LogP contribution in [-0.4, -0.2) is 22.6 Å². The second-order valence-corrected chi connectivity index (χ2v) is 9.78. The summed E-state index contributed by atoms with van der Waals surface area (Å²) in [6.45, 7) is 0. The fourth-order valence-corrected chi connectivity index (χ4v) is 5.82. The van der Waals surface area contributed by atoms with Crippen LogP contribution in [0.3, 0.4) is 0 Å². The van der Waals surface area contributed by atoms with Gasteiger partial charge >= 0.3 is 7.40 Å². The third kappa shape index (κ3) is 3.90. The van der Waals surface area contributed by atoms with E-state index in [9.17, 15) is 0 Å². The molecule has 0 saturated heterocycles. The normalized spacial score (nSPS) is 13.9. The van der Waals surface area contributed by atoms with E-state index in [0.29, 0.717) is 11.4 Å². The molecule has 0 atom stereocenters. The number of hydrogen-bond acceptors (Lipinski definition) is 0. The zero-order valence-electron chi connectivity index (χ0n) is 21.6. The Hall–Kier alpha value is -5.03. The molecule has 5 aromatic carbocycles. The van der Waals surface area contributed by atoms with E-state index in [1.807, 2.05) is 115 Å². The number of rotatable bonds is 5. The predicted octanol–water partition coefficient (Wildman–Crippen LogP) is 8.54. The van der Waals surface area contributed by atoms with Crippen LogP contribution in [0, 0.1) is 0 Å². The van der Waals surface area contributed by atoms with E-state index in [2.05, 4.69) is 29.2 Å². The lowest BCUT2D eigenvalue weighted by Crippen LogP contribution is -2.25. The van der Waals surface area contributed by atoms with Gasteiger partial charge in [-0.05, 0) is 35.4 Å². The van der Waals surface area contributed by atoms with Crippen molar-refractivity contribution in [3.63, 3.8) is 0 Å². The summed E-state index contributed by atoms with van der Waals surface area (Å²) in [5, 5.41) is 2.02. The number of benzene rings is 5. The third-order valence-electron chi connectivity index (χ3n) is 7.49. The summed E-state index contributed by atoms with van der Waals surface area (Å²) >= 11 is 0. The van der Waals surface area contributed by atoms with Crippen molar-refractivity contribution in [3.8, 4) is 11.3 Å². The minimum atomic E-state index is -2.76. The number of fused-ring (bicyclic) bond motifs is 2. The van der Waals surface area contributed by atoms with Gasteiger partial charge < -0.3 is 4.98 Å². The van der Waals surface area contributed by atoms with Crippen molar-refractivity contribution in [3.05, 3.63) is 167 Å². The van der Waals surface area contributed by atoms with Crippen LogP contribution in [0.25, 0.3) is 33.3 Å². The first-order valence-corrected chi connectivity index (χ1v) is 13.3. The van der Waals surface area contributed by atoms with Crippen LogP contribution in [0.5, 0.6) is 0 Å². The molecule has 6 aromatic rings. The predicted molar refractivity (Wildman–Crippen MR) is 160 cm³/mol. The van der Waals surface area contributed by atoms with E-state index in [-0.39, 0.29) is 0 Å². The number of aromatic amines is 1. The Morgan fingerprint density at radius 1 is 0.550 bits per heavy atom. The number of H-pyrrole nitrogens is 1. The van der Waals surface area contributed by atoms with Crippen molar-refractivity contribution in [1.82, 2.24) is 4.98 Å². The maximum atomic E-state index is 15.3. The molecule has 1 aromatic heterocycles. The Kier molecular flexibility index (Phi) is 5.97. The fraction of sp³-hybridized carbons (Fsp3) is 0. The first-order valence-electron chi connectivity index (χ1n) is 13.3. The van der Waals surface area contributed by atoms with Crippen molar-refractivity contribution < 1.29 is 13.1 Å². The van der Waals surface area contributed by atoms with E-state index >= 15 is 8.63 Å². The molecule has 0 saturated carbocycles. The molecule has 7 rings (SSSR count). The minimum Gasteiger partial charge on any atom is -0.353 e. The topological polar surface area (TPSA) is 18.8 Å². The number of aromatic nitrogens is 1. The van der Waals surface area contributed by atoms with Crippen LogP contribution in [0.15, 0.2) is 140 Å². The van der Waals surface area contributed by atoms with Crippen molar-refractivity contribution in [2.24, 2.45) is 0 Å². The zero-order chi connectivity index (χ0) is 27.1. The summed E-state index contributed by atoms with van der Waals surface area (Å²) in [6, 6.07) is 45.3. The lowest BCUT2D eigenvalue weighted by Gasteiger charge is -2.11. The van der Waals surface area contributed by atoms with Gasteiger partial charge in [-0.1, -0.05) is 115 Å². The molecule has 0 spiro atoms. The van der Waals surface area contributed by atoms with Gasteiger partial charge in [0, 0.05) is 16.3 Å². The molecule has 2 heterocycles. The number of nitrogens with zero attached hydrogens (tertiary/aromatic N) is 1. The first kappa shape index (κ1) is 24.0. The molecular weight excluding hydrogens is 497 g/mol. The van der Waals surface area contributed by atoms with E-state index in [1.54, 1.807) is 0 Å². The highest BCUT2D eigenvalue weighted by Crippen LogP contribution is 2.43. The molecular formula is C35H24BF2N2+. The molecule has 1 aliphatic heterocycles. The lowest BCUT2D eigenvalue weighted by atomic mass is 9.92. The summed E-state index contributed by atoms with van der Waals surface area (Å²) in [7, 11) is -2.76. The van der Waals surface area contributed by atoms with E-state index < -0.39 is 7.40 Å². The van der Waals surface area contributed by atoms with E-state index in [4.69, 9.17) is 0 Å². The SMILES string of the molecule is FB(F)[N+]1=C(c2ccccc2)c2ccccc2/C1=C(\c1ccccc1)c1[nH]c(-c2ccccc2)c2ccccc12. The van der Waals surface area contributed by atoms with Gasteiger partial charge in [-0.25, -0.2) is 13.1 Å². The van der Waals surface area contributed by atoms with E-state index in [0.717, 1.165) is 55.6 Å². The maximum Gasteiger partial charge on any atom is 0.935 e. The molecule has 190 valence electrons. The molecule has 0 aliphatic carbocycles. The summed E-state index contributed by atoms with van der Waals surface area (Å²) in [5.41, 5.74) is 7.72. The van der Waals surface area contributed by atoms with Gasteiger partial charge in [0.25, 0.3) is 0 Å². The van der Waals surface area contributed by atoms with Crippen LogP contribution in [-0.2, 0) is 0 Å². The molecule has 0 radical (unpaired) electrons. The van der Waals surface area contributed by atoms with Crippen molar-refractivity contribution in [2.75, 3.05) is 0 Å². The van der Waals surface area contributed by atoms with Gasteiger partial charge in [0.1, 0.15) is 0 Å². The Labute approximate surface area is 231 Å². The third-order valence-corrected chi connectivity index (χ3v) is 7.49. The zero-order valence-corrected chi connectivity index (χ0v) is 21.6. The highest BCUT2D eigenvalue weighted by atomic mass is 19.2. The molecule has 0 unspecified atom stereocenters. The Morgan fingerprint density at radius 3 is 1.73 bits per heavy atom. The fourth-order valence-electron chi connectivity index (χ4n) is 5.82. The summed E-state index contributed by atoms with van der Waals surface area (Å²) < 4.78 is 31.9. The van der Waals surface area contributed by atoms with Gasteiger partial charge in [0.15, 0.2) is 0 Å². The molecule has 5 heteroatoms. The molecule has 2 nitrogen and oxygen atoms in total. The Balaban J connectivity index is 1.65. The van der Waals surface area contributed by atoms with Crippen LogP contribution >= 0.6 is 0 Å². The molecule has 40 heavy (non-hydrogen) atoms. The average molecular weight is 521 g/mol. The Morgan fingerprint density at radius 2 is 1.07 bits per heavy atom. The van der Waals surface area contributed by atoms with Gasteiger partial charge in [0.2, 0.25) is 11.4 Å². The van der Waals surface area contributed by atoms with Crippen LogP contribution in [0.1, 0.15) is 27.9 Å². The highest BCUT2D eigenvalue weighted by molar-refractivity contribution is 6.39. The van der Waals surface area contributed by atoms with Gasteiger partial charge in [-0.2, -0.15) is 0 Å². The molecule has 0 bridgehead atoms. The molecule has 1 aliphatic rings. The maximum absolute atomic E-state index is 15.3. The van der Waals surface area contributed by atoms with Crippen molar-refractivity contribution in [2.45, 2.75) is 0 Å². The summed E-state index contributed by atoms with van der Waals surface area (Å²) in [6.07, 6.45) is 0. The Bertz CT molecular complexity index is 1910. The summed E-state index contributed by atoms with van der Waals surface area (Å²) in [4.78, 5) is 3.69. The van der Waals surface area contributed by atoms with Crippen molar-refractivity contribution >= 4 is 35.2 Å². The minimum absolute atomic E-state index is 0.488. The molecule has 0 amide bonds. The van der Waals surface area contributed by atoms with Gasteiger partial charge in [-0.15, -0.1) is 0 Å². The second-order valence-electron chi connectivity index (χ2n) is 9.78. The number of halogens is 2. The largest absolute Gasteiger partial charge is 0.935 e. The second kappa shape index (κ2) is 9.94. The number of nitrogens with one attached hydrogen (secondary N) is 1. The van der Waals surface area contributed by atoms with Gasteiger partial charge in [-0.3, -0.25) is 0 Å².